The van der Waals surface area contributed by atoms with E-state index in [1.807, 2.05) is 0 Å². The maximum atomic E-state index is 5.37. The summed E-state index contributed by atoms with van der Waals surface area (Å²) in [5, 5.41) is 0. The van der Waals surface area contributed by atoms with E-state index in [0.717, 1.165) is 13.0 Å². The lowest BCUT2D eigenvalue weighted by atomic mass is 10.5. The van der Waals surface area contributed by atoms with Crippen molar-refractivity contribution < 1.29 is 9.47 Å². The molecule has 0 saturated carbocycles. The van der Waals surface area contributed by atoms with Gasteiger partial charge < -0.3 is 9.47 Å². The molecule has 1 heterocycles. The smallest absolute Gasteiger partial charge is 0.184 e. The third-order valence-electron chi connectivity index (χ3n) is 1.60. The van der Waals surface area contributed by atoms with Crippen molar-refractivity contribution in [2.24, 2.45) is 0 Å². The van der Waals surface area contributed by atoms with Gasteiger partial charge in [-0.25, -0.2) is 0 Å². The molecule has 0 aromatic heterocycles. The van der Waals surface area contributed by atoms with E-state index in [-0.39, 0.29) is 15.8 Å². The molecule has 1 aliphatic rings. The second-order valence-electron chi connectivity index (χ2n) is 2.70. The van der Waals surface area contributed by atoms with Gasteiger partial charge in [-0.3, -0.25) is 0 Å². The van der Waals surface area contributed by atoms with Crippen LogP contribution in [0.2, 0.25) is 12.6 Å². The quantitative estimate of drug-likeness (QED) is 0.438. The Balaban J connectivity index is 1.92. The maximum Gasteiger partial charge on any atom is 0.184 e. The molecule has 0 amide bonds. The Labute approximate surface area is 64.7 Å². The Hall–Kier alpha value is 0.137. The van der Waals surface area contributed by atoms with Crippen LogP contribution in [0.25, 0.3) is 0 Å². The van der Waals surface area contributed by atoms with Crippen LogP contribution in [0, 0.1) is 0 Å². The Bertz CT molecular complexity index is 97.6. The van der Waals surface area contributed by atoms with E-state index in [2.05, 4.69) is 13.5 Å². The zero-order valence-electron chi connectivity index (χ0n) is 6.80. The summed E-state index contributed by atoms with van der Waals surface area (Å²) in [4.78, 5) is 0. The highest BCUT2D eigenvalue weighted by molar-refractivity contribution is 6.33. The van der Waals surface area contributed by atoms with Crippen LogP contribution in [0.4, 0.5) is 0 Å². The topological polar surface area (TPSA) is 21.8 Å². The lowest BCUT2D eigenvalue weighted by molar-refractivity contribution is 0.0507. The Kier molecular flexibility index (Phi) is 3.38. The zero-order valence-corrected chi connectivity index (χ0v) is 8.21. The van der Waals surface area contributed by atoms with Gasteiger partial charge in [0, 0.05) is 16.1 Å². The summed E-state index contributed by atoms with van der Waals surface area (Å²) < 4.78 is 10.6. The van der Waals surface area contributed by atoms with Crippen LogP contribution in [0.5, 0.6) is 0 Å². The van der Waals surface area contributed by atoms with Crippen LogP contribution < -0.4 is 0 Å². The maximum absolute atomic E-state index is 5.37. The lowest BCUT2D eigenvalue weighted by Gasteiger charge is -1.94. The predicted molar refractivity (Wildman–Crippen MR) is 44.1 cm³/mol. The first-order valence-electron chi connectivity index (χ1n) is 4.15. The van der Waals surface area contributed by atoms with Gasteiger partial charge in [0.15, 0.2) is 6.29 Å². The number of epoxide rings is 1. The van der Waals surface area contributed by atoms with E-state index >= 15 is 0 Å². The number of hydrogen-bond donors (Lipinski definition) is 0. The van der Waals surface area contributed by atoms with Crippen molar-refractivity contribution in [3.05, 3.63) is 0 Å². The van der Waals surface area contributed by atoms with Gasteiger partial charge in [0.2, 0.25) is 0 Å². The van der Waals surface area contributed by atoms with Gasteiger partial charge >= 0.3 is 0 Å². The van der Waals surface area contributed by atoms with Crippen LogP contribution >= 0.6 is 0 Å². The van der Waals surface area contributed by atoms with Crippen molar-refractivity contribution in [2.45, 2.75) is 38.3 Å². The Morgan fingerprint density at radius 1 is 1.60 bits per heavy atom. The standard InChI is InChI=1S/C7H16O2Si/c1-3-4-8-7-6(9-7)5-10-2/h6-7H,3-5,10H2,1-2H3. The van der Waals surface area contributed by atoms with Crippen LogP contribution in [0.1, 0.15) is 13.3 Å². The molecule has 0 radical (unpaired) electrons. The largest absolute Gasteiger partial charge is 0.350 e. The molecule has 1 aliphatic heterocycles. The minimum absolute atomic E-state index is 0.169. The van der Waals surface area contributed by atoms with Gasteiger partial charge in [0.05, 0.1) is 0 Å². The van der Waals surface area contributed by atoms with Gasteiger partial charge in [-0.05, 0) is 12.5 Å². The molecule has 1 rings (SSSR count). The minimum Gasteiger partial charge on any atom is -0.350 e. The molecule has 2 atom stereocenters. The van der Waals surface area contributed by atoms with Crippen LogP contribution in [0.3, 0.4) is 0 Å². The highest BCUT2D eigenvalue weighted by Gasteiger charge is 2.38. The Morgan fingerprint density at radius 2 is 2.40 bits per heavy atom. The molecule has 10 heavy (non-hydrogen) atoms. The van der Waals surface area contributed by atoms with Crippen LogP contribution in [-0.2, 0) is 9.47 Å². The SMILES string of the molecule is CCCOC1OC1C[SiH2]C. The van der Waals surface area contributed by atoms with Gasteiger partial charge in [-0.15, -0.1) is 0 Å². The average molecular weight is 160 g/mol. The molecule has 0 aliphatic carbocycles. The molecular weight excluding hydrogens is 144 g/mol. The summed E-state index contributed by atoms with van der Waals surface area (Å²) >= 11 is 0. The molecule has 1 fully saturated rings. The fraction of sp³-hybridized carbons (Fsp3) is 1.00. The molecular formula is C7H16O2Si. The van der Waals surface area contributed by atoms with Crippen molar-refractivity contribution >= 4 is 9.52 Å². The second-order valence-corrected chi connectivity index (χ2v) is 4.28. The summed E-state index contributed by atoms with van der Waals surface area (Å²) in [6.45, 7) is 5.27. The van der Waals surface area contributed by atoms with Crippen molar-refractivity contribution in [3.8, 4) is 0 Å². The summed E-state index contributed by atoms with van der Waals surface area (Å²) in [6.07, 6.45) is 1.74. The first-order chi connectivity index (χ1) is 4.88. The number of hydrogen-bond acceptors (Lipinski definition) is 2. The molecule has 2 nitrogen and oxygen atoms in total. The molecule has 60 valence electrons. The minimum atomic E-state index is 0.169. The fourth-order valence-corrected chi connectivity index (χ4v) is 1.97. The van der Waals surface area contributed by atoms with E-state index < -0.39 is 0 Å². The highest BCUT2D eigenvalue weighted by Crippen LogP contribution is 2.26. The van der Waals surface area contributed by atoms with Crippen molar-refractivity contribution in [2.75, 3.05) is 6.61 Å². The lowest BCUT2D eigenvalue weighted by Crippen LogP contribution is -2.01. The zero-order chi connectivity index (χ0) is 7.40. The summed E-state index contributed by atoms with van der Waals surface area (Å²) in [6, 6.07) is 1.29. The van der Waals surface area contributed by atoms with E-state index in [0.29, 0.717) is 6.10 Å². The second kappa shape index (κ2) is 4.11. The van der Waals surface area contributed by atoms with Crippen molar-refractivity contribution in [1.29, 1.82) is 0 Å². The van der Waals surface area contributed by atoms with E-state index in [1.165, 1.54) is 6.04 Å². The molecule has 0 aromatic carbocycles. The summed E-state index contributed by atoms with van der Waals surface area (Å²) in [5.41, 5.74) is 0. The van der Waals surface area contributed by atoms with E-state index in [4.69, 9.17) is 9.47 Å². The third kappa shape index (κ3) is 2.40. The summed E-state index contributed by atoms with van der Waals surface area (Å²) in [5.74, 6) is 0. The van der Waals surface area contributed by atoms with Gasteiger partial charge in [0.1, 0.15) is 6.10 Å². The van der Waals surface area contributed by atoms with Crippen LogP contribution in [-0.4, -0.2) is 28.5 Å². The first-order valence-corrected chi connectivity index (χ1v) is 6.57. The Morgan fingerprint density at radius 3 is 3.00 bits per heavy atom. The first kappa shape index (κ1) is 8.24. The molecule has 2 unspecified atom stereocenters. The normalized spacial score (nSPS) is 31.8. The van der Waals surface area contributed by atoms with Crippen LogP contribution in [0.15, 0.2) is 0 Å². The van der Waals surface area contributed by atoms with E-state index in [9.17, 15) is 0 Å². The van der Waals surface area contributed by atoms with Gasteiger partial charge in [-0.2, -0.15) is 0 Å². The van der Waals surface area contributed by atoms with Gasteiger partial charge in [0.25, 0.3) is 0 Å². The molecule has 3 heteroatoms. The monoisotopic (exact) mass is 160 g/mol. The number of rotatable bonds is 5. The molecule has 0 spiro atoms. The third-order valence-corrected chi connectivity index (χ3v) is 2.74. The molecule has 0 bridgehead atoms. The fourth-order valence-electron chi connectivity index (χ4n) is 0.996. The molecule has 1 saturated heterocycles. The molecule has 0 N–H and O–H groups in total. The predicted octanol–water partition coefficient (Wildman–Crippen LogP) is 0.773. The van der Waals surface area contributed by atoms with Crippen molar-refractivity contribution in [1.82, 2.24) is 0 Å². The van der Waals surface area contributed by atoms with Crippen molar-refractivity contribution in [3.63, 3.8) is 0 Å². The molecule has 0 aromatic rings. The highest BCUT2D eigenvalue weighted by atomic mass is 28.2. The number of ether oxygens (including phenoxy) is 2. The summed E-state index contributed by atoms with van der Waals surface area (Å²) in [7, 11) is 0.169. The van der Waals surface area contributed by atoms with Gasteiger partial charge in [-0.1, -0.05) is 13.5 Å². The van der Waals surface area contributed by atoms with E-state index in [1.54, 1.807) is 0 Å². The average Bonchev–Trinajstić information content (AvgIpc) is 2.65.